The number of benzene rings is 1. The lowest BCUT2D eigenvalue weighted by atomic mass is 9.96. The number of anilines is 2. The van der Waals surface area contributed by atoms with Gasteiger partial charge < -0.3 is 15.5 Å². The summed E-state index contributed by atoms with van der Waals surface area (Å²) in [6, 6.07) is 10.8. The molecule has 3 heterocycles. The van der Waals surface area contributed by atoms with Gasteiger partial charge in [-0.05, 0) is 81.2 Å². The highest BCUT2D eigenvalue weighted by Crippen LogP contribution is 2.35. The Morgan fingerprint density at radius 1 is 1.08 bits per heavy atom. The lowest BCUT2D eigenvalue weighted by Gasteiger charge is -2.27. The zero-order valence-corrected chi connectivity index (χ0v) is 22.3. The van der Waals surface area contributed by atoms with Crippen molar-refractivity contribution in [3.8, 4) is 0 Å². The fourth-order valence-corrected chi connectivity index (χ4v) is 5.57. The van der Waals surface area contributed by atoms with Crippen molar-refractivity contribution in [1.29, 1.82) is 0 Å². The Morgan fingerprint density at radius 2 is 1.86 bits per heavy atom. The van der Waals surface area contributed by atoms with Crippen LogP contribution >= 0.6 is 0 Å². The number of nitrogens with zero attached hydrogens (tertiary/aromatic N) is 4. The average molecular weight is 499 g/mol. The Kier molecular flexibility index (Phi) is 7.79. The molecule has 7 nitrogen and oxygen atoms in total. The van der Waals surface area contributed by atoms with Crippen LogP contribution in [0, 0.1) is 5.92 Å². The number of amides is 1. The third kappa shape index (κ3) is 5.67. The molecule has 1 fully saturated rings. The largest absolute Gasteiger partial charge is 0.367 e. The first-order valence-electron chi connectivity index (χ1n) is 13.8. The third-order valence-electron chi connectivity index (χ3n) is 7.67. The summed E-state index contributed by atoms with van der Waals surface area (Å²) >= 11 is 0. The van der Waals surface area contributed by atoms with Crippen LogP contribution in [0.15, 0.2) is 42.7 Å². The van der Waals surface area contributed by atoms with E-state index < -0.39 is 0 Å². The van der Waals surface area contributed by atoms with Gasteiger partial charge in [-0.1, -0.05) is 38.8 Å². The minimum Gasteiger partial charge on any atom is -0.367 e. The molecule has 3 aromatic rings. The number of carbonyl (C=O) groups excluding carboxylic acids is 1. The highest BCUT2D eigenvalue weighted by Gasteiger charge is 2.24. The number of nitrogens with one attached hydrogen (secondary N) is 2. The molecule has 0 atom stereocenters. The molecule has 0 saturated carbocycles. The quantitative estimate of drug-likeness (QED) is 0.395. The maximum absolute atomic E-state index is 12.8. The van der Waals surface area contributed by atoms with Gasteiger partial charge in [0.05, 0.1) is 11.2 Å². The molecule has 0 spiro atoms. The first kappa shape index (κ1) is 25.3. The molecule has 2 aliphatic rings. The van der Waals surface area contributed by atoms with Gasteiger partial charge in [-0.2, -0.15) is 0 Å². The first-order chi connectivity index (χ1) is 18.1. The van der Waals surface area contributed by atoms with E-state index in [1.54, 1.807) is 6.33 Å². The minimum absolute atomic E-state index is 0.0665. The third-order valence-corrected chi connectivity index (χ3v) is 7.67. The van der Waals surface area contributed by atoms with Gasteiger partial charge in [-0.25, -0.2) is 15.0 Å². The predicted octanol–water partition coefficient (Wildman–Crippen LogP) is 5.67. The maximum atomic E-state index is 12.8. The van der Waals surface area contributed by atoms with Crippen LogP contribution in [0.5, 0.6) is 0 Å². The molecule has 1 aromatic carbocycles. The van der Waals surface area contributed by atoms with Crippen molar-refractivity contribution in [2.24, 2.45) is 5.92 Å². The Morgan fingerprint density at radius 3 is 2.62 bits per heavy atom. The molecule has 7 heteroatoms. The zero-order chi connectivity index (χ0) is 25.8. The molecule has 194 valence electrons. The summed E-state index contributed by atoms with van der Waals surface area (Å²) in [5, 5.41) is 7.80. The Balaban J connectivity index is 1.35. The van der Waals surface area contributed by atoms with E-state index in [4.69, 9.17) is 4.98 Å². The van der Waals surface area contributed by atoms with Crippen LogP contribution in [0.25, 0.3) is 16.5 Å². The molecule has 2 N–H and O–H groups in total. The number of likely N-dealkylation sites (tertiary alicyclic amines) is 1. The van der Waals surface area contributed by atoms with Gasteiger partial charge in [-0.3, -0.25) is 4.79 Å². The fourth-order valence-electron chi connectivity index (χ4n) is 5.57. The summed E-state index contributed by atoms with van der Waals surface area (Å²) in [5.41, 5.74) is 5.38. The molecule has 37 heavy (non-hydrogen) atoms. The molecular weight excluding hydrogens is 460 g/mol. The number of hydrogen-bond acceptors (Lipinski definition) is 6. The van der Waals surface area contributed by atoms with Crippen LogP contribution in [0.2, 0.25) is 0 Å². The molecule has 5 rings (SSSR count). The normalized spacial score (nSPS) is 16.2. The molecule has 0 radical (unpaired) electrons. The number of carbonyl (C=O) groups is 1. The van der Waals surface area contributed by atoms with Crippen LogP contribution in [-0.2, 0) is 11.2 Å². The SMILES string of the molecule is CCCC(CCC)Nc1ncnc2ccc(C3=CCc4nc(NC(=O)C5CCN(C)CC5)ccc43)cc12. The van der Waals surface area contributed by atoms with Gasteiger partial charge in [0.1, 0.15) is 18.0 Å². The molecule has 2 aromatic heterocycles. The van der Waals surface area contributed by atoms with Crippen molar-refractivity contribution in [1.82, 2.24) is 19.9 Å². The Bertz CT molecular complexity index is 1290. The van der Waals surface area contributed by atoms with E-state index in [1.807, 2.05) is 6.07 Å². The number of aromatic nitrogens is 3. The summed E-state index contributed by atoms with van der Waals surface area (Å²) in [7, 11) is 2.11. The summed E-state index contributed by atoms with van der Waals surface area (Å²) < 4.78 is 0. The minimum atomic E-state index is 0.0665. The summed E-state index contributed by atoms with van der Waals surface area (Å²) in [6.45, 7) is 6.39. The number of piperidine rings is 1. The lowest BCUT2D eigenvalue weighted by Crippen LogP contribution is -2.36. The van der Waals surface area contributed by atoms with Crippen molar-refractivity contribution in [2.75, 3.05) is 30.8 Å². The number of allylic oxidation sites excluding steroid dienone is 1. The van der Waals surface area contributed by atoms with Gasteiger partial charge in [0.25, 0.3) is 0 Å². The topological polar surface area (TPSA) is 83.0 Å². The standard InChI is InChI=1S/C30H38N6O/c1-4-6-22(7-5-2)33-29-25-18-21(8-11-26(25)31-19-32-29)23-9-12-27-24(23)10-13-28(34-27)35-30(37)20-14-16-36(3)17-15-20/h8-11,13,18-20,22H,4-7,12,14-17H2,1-3H3,(H,31,32,33)(H,34,35,37). The molecular formula is C30H38N6O. The van der Waals surface area contributed by atoms with Crippen LogP contribution in [0.4, 0.5) is 11.6 Å². The fraction of sp³-hybridized carbons (Fsp3) is 0.467. The van der Waals surface area contributed by atoms with E-state index >= 15 is 0 Å². The second kappa shape index (κ2) is 11.4. The monoisotopic (exact) mass is 498 g/mol. The van der Waals surface area contributed by atoms with Crippen LogP contribution in [-0.4, -0.2) is 51.9 Å². The molecule has 0 bridgehead atoms. The van der Waals surface area contributed by atoms with Crippen molar-refractivity contribution in [3.05, 3.63) is 59.6 Å². The Labute approximate surface area is 219 Å². The number of hydrogen-bond donors (Lipinski definition) is 2. The van der Waals surface area contributed by atoms with E-state index in [9.17, 15) is 4.79 Å². The van der Waals surface area contributed by atoms with E-state index in [0.717, 1.165) is 91.6 Å². The molecule has 0 unspecified atom stereocenters. The number of pyridine rings is 1. The Hall–Kier alpha value is -3.32. The molecule has 1 amide bonds. The van der Waals surface area contributed by atoms with Crippen LogP contribution < -0.4 is 10.6 Å². The van der Waals surface area contributed by atoms with Gasteiger partial charge in [0.15, 0.2) is 0 Å². The molecule has 1 aliphatic heterocycles. The molecule has 1 aliphatic carbocycles. The van der Waals surface area contributed by atoms with E-state index in [1.165, 1.54) is 5.57 Å². The lowest BCUT2D eigenvalue weighted by molar-refractivity contribution is -0.121. The van der Waals surface area contributed by atoms with Gasteiger partial charge >= 0.3 is 0 Å². The predicted molar refractivity (Wildman–Crippen MR) is 151 cm³/mol. The second-order valence-electron chi connectivity index (χ2n) is 10.5. The van der Waals surface area contributed by atoms with E-state index in [-0.39, 0.29) is 11.8 Å². The van der Waals surface area contributed by atoms with Crippen LogP contribution in [0.1, 0.15) is 69.2 Å². The second-order valence-corrected chi connectivity index (χ2v) is 10.5. The highest BCUT2D eigenvalue weighted by atomic mass is 16.1. The van der Waals surface area contributed by atoms with Gasteiger partial charge in [-0.15, -0.1) is 0 Å². The summed E-state index contributed by atoms with van der Waals surface area (Å²) in [6.07, 6.45) is 11.0. The van der Waals surface area contributed by atoms with Crippen molar-refractivity contribution in [3.63, 3.8) is 0 Å². The smallest absolute Gasteiger partial charge is 0.228 e. The average Bonchev–Trinajstić information content (AvgIpc) is 3.32. The maximum Gasteiger partial charge on any atom is 0.228 e. The van der Waals surface area contributed by atoms with Gasteiger partial charge in [0.2, 0.25) is 5.91 Å². The van der Waals surface area contributed by atoms with E-state index in [0.29, 0.717) is 11.9 Å². The van der Waals surface area contributed by atoms with Crippen molar-refractivity contribution >= 4 is 34.0 Å². The summed E-state index contributed by atoms with van der Waals surface area (Å²) in [5.74, 6) is 1.71. The van der Waals surface area contributed by atoms with Crippen molar-refractivity contribution in [2.45, 2.75) is 64.8 Å². The molecule has 1 saturated heterocycles. The highest BCUT2D eigenvalue weighted by molar-refractivity contribution is 5.95. The zero-order valence-electron chi connectivity index (χ0n) is 22.3. The van der Waals surface area contributed by atoms with Gasteiger partial charge in [0, 0.05) is 29.3 Å². The number of fused-ring (bicyclic) bond motifs is 2. The van der Waals surface area contributed by atoms with Crippen molar-refractivity contribution < 1.29 is 4.79 Å². The van der Waals surface area contributed by atoms with E-state index in [2.05, 4.69) is 76.7 Å². The van der Waals surface area contributed by atoms with Crippen LogP contribution in [0.3, 0.4) is 0 Å². The summed E-state index contributed by atoms with van der Waals surface area (Å²) in [4.78, 5) is 29.0. The first-order valence-corrected chi connectivity index (χ1v) is 13.8. The number of rotatable bonds is 9.